The topological polar surface area (TPSA) is 95.9 Å². The lowest BCUT2D eigenvalue weighted by Gasteiger charge is -2.04. The maximum absolute atomic E-state index is 11.6. The first-order chi connectivity index (χ1) is 9.12. The summed E-state index contributed by atoms with van der Waals surface area (Å²) in [5.41, 5.74) is 6.99. The highest BCUT2D eigenvalue weighted by molar-refractivity contribution is 7.98. The van der Waals surface area contributed by atoms with E-state index in [1.807, 2.05) is 13.2 Å². The van der Waals surface area contributed by atoms with Gasteiger partial charge in [0.05, 0.1) is 24.7 Å². The van der Waals surface area contributed by atoms with Crippen molar-refractivity contribution in [1.29, 1.82) is 0 Å². The molecule has 0 aliphatic carbocycles. The molecule has 2 aromatic heterocycles. The Morgan fingerprint density at radius 1 is 1.47 bits per heavy atom. The van der Waals surface area contributed by atoms with Crippen LogP contribution in [0, 0.1) is 6.92 Å². The zero-order valence-corrected chi connectivity index (χ0v) is 11.8. The molecule has 0 saturated heterocycles. The van der Waals surface area contributed by atoms with Crippen molar-refractivity contribution < 1.29 is 9.53 Å². The van der Waals surface area contributed by atoms with Crippen molar-refractivity contribution in [2.45, 2.75) is 18.5 Å². The van der Waals surface area contributed by atoms with Crippen molar-refractivity contribution in [3.05, 3.63) is 11.5 Å². The van der Waals surface area contributed by atoms with E-state index in [1.54, 1.807) is 4.68 Å². The van der Waals surface area contributed by atoms with E-state index in [9.17, 15) is 4.79 Å². The Labute approximate surface area is 114 Å². The van der Waals surface area contributed by atoms with Crippen LogP contribution in [0.1, 0.15) is 16.3 Å². The minimum absolute atomic E-state index is 0.0394. The Hall–Kier alpha value is -1.67. The van der Waals surface area contributed by atoms with E-state index in [1.165, 1.54) is 18.9 Å². The number of esters is 1. The zero-order valence-electron chi connectivity index (χ0n) is 11.0. The number of nitrogens with two attached hydrogens (primary N) is 1. The van der Waals surface area contributed by atoms with Gasteiger partial charge in [0.15, 0.2) is 5.65 Å². The summed E-state index contributed by atoms with van der Waals surface area (Å²) in [5.74, 6) is -0.520. The minimum Gasteiger partial charge on any atom is -0.463 e. The second-order valence-electron chi connectivity index (χ2n) is 3.84. The van der Waals surface area contributed by atoms with Crippen LogP contribution >= 0.6 is 11.8 Å². The lowest BCUT2D eigenvalue weighted by molar-refractivity contribution is 0.0586. The van der Waals surface area contributed by atoms with E-state index in [0.29, 0.717) is 23.8 Å². The van der Waals surface area contributed by atoms with Gasteiger partial charge in [-0.15, -0.1) is 11.8 Å². The SMILES string of the molecule is COC(=O)c1nc(SC)c2c(C)nn(CCN)c2n1. The summed E-state index contributed by atoms with van der Waals surface area (Å²) in [5, 5.41) is 5.95. The van der Waals surface area contributed by atoms with E-state index >= 15 is 0 Å². The molecule has 19 heavy (non-hydrogen) atoms. The zero-order chi connectivity index (χ0) is 14.0. The lowest BCUT2D eigenvalue weighted by Crippen LogP contribution is -2.13. The maximum Gasteiger partial charge on any atom is 0.376 e. The number of aromatic nitrogens is 4. The molecule has 0 spiro atoms. The molecule has 0 bridgehead atoms. The third-order valence-corrected chi connectivity index (χ3v) is 3.32. The number of thioether (sulfide) groups is 1. The molecule has 2 heterocycles. The van der Waals surface area contributed by atoms with Gasteiger partial charge in [-0.3, -0.25) is 0 Å². The molecule has 2 aromatic rings. The number of carbonyl (C=O) groups excluding carboxylic acids is 1. The van der Waals surface area contributed by atoms with Gasteiger partial charge in [0, 0.05) is 6.54 Å². The first kappa shape index (κ1) is 13.8. The fourth-order valence-corrected chi connectivity index (χ4v) is 2.44. The monoisotopic (exact) mass is 281 g/mol. The van der Waals surface area contributed by atoms with Gasteiger partial charge in [-0.25, -0.2) is 19.4 Å². The van der Waals surface area contributed by atoms with Crippen LogP contribution in [0.2, 0.25) is 0 Å². The van der Waals surface area contributed by atoms with Gasteiger partial charge in [0.2, 0.25) is 5.82 Å². The second kappa shape index (κ2) is 5.54. The number of hydrogen-bond donors (Lipinski definition) is 1. The molecule has 0 aliphatic rings. The van der Waals surface area contributed by atoms with Crippen LogP contribution in [0.15, 0.2) is 5.03 Å². The molecule has 0 radical (unpaired) electrons. The van der Waals surface area contributed by atoms with E-state index < -0.39 is 5.97 Å². The quantitative estimate of drug-likeness (QED) is 0.498. The molecule has 0 unspecified atom stereocenters. The first-order valence-corrected chi connectivity index (χ1v) is 6.92. The number of rotatable bonds is 4. The van der Waals surface area contributed by atoms with Crippen LogP contribution in [0.25, 0.3) is 11.0 Å². The van der Waals surface area contributed by atoms with Crippen molar-refractivity contribution in [2.75, 3.05) is 19.9 Å². The lowest BCUT2D eigenvalue weighted by atomic mass is 10.3. The number of nitrogens with zero attached hydrogens (tertiary/aromatic N) is 4. The Kier molecular flexibility index (Phi) is 4.01. The molecule has 0 saturated carbocycles. The number of methoxy groups -OCH3 is 1. The minimum atomic E-state index is -0.560. The summed E-state index contributed by atoms with van der Waals surface area (Å²) in [4.78, 5) is 20.0. The normalized spacial score (nSPS) is 10.9. The van der Waals surface area contributed by atoms with Gasteiger partial charge >= 0.3 is 5.97 Å². The van der Waals surface area contributed by atoms with Crippen molar-refractivity contribution in [3.63, 3.8) is 0 Å². The van der Waals surface area contributed by atoms with Crippen LogP contribution in [0.5, 0.6) is 0 Å². The van der Waals surface area contributed by atoms with E-state index in [-0.39, 0.29) is 5.82 Å². The predicted molar refractivity (Wildman–Crippen MR) is 72.2 cm³/mol. The summed E-state index contributed by atoms with van der Waals surface area (Å²) in [6, 6.07) is 0. The van der Waals surface area contributed by atoms with E-state index in [2.05, 4.69) is 19.8 Å². The number of hydrogen-bond acceptors (Lipinski definition) is 7. The van der Waals surface area contributed by atoms with Gasteiger partial charge in [0.1, 0.15) is 5.03 Å². The molecule has 8 heteroatoms. The van der Waals surface area contributed by atoms with Crippen LogP contribution in [-0.2, 0) is 11.3 Å². The van der Waals surface area contributed by atoms with E-state index in [4.69, 9.17) is 5.73 Å². The summed E-state index contributed by atoms with van der Waals surface area (Å²) in [6.07, 6.45) is 1.89. The second-order valence-corrected chi connectivity index (χ2v) is 4.64. The number of ether oxygens (including phenoxy) is 1. The van der Waals surface area contributed by atoms with Gasteiger partial charge in [-0.05, 0) is 13.2 Å². The van der Waals surface area contributed by atoms with Gasteiger partial charge < -0.3 is 10.5 Å². The standard InChI is InChI=1S/C11H15N5O2S/c1-6-7-9(16(15-6)5-4-12)13-8(11(17)18-2)14-10(7)19-3/h4-5,12H2,1-3H3. The molecule has 0 amide bonds. The Balaban J connectivity index is 2.72. The van der Waals surface area contributed by atoms with Crippen molar-refractivity contribution in [2.24, 2.45) is 5.73 Å². The highest BCUT2D eigenvalue weighted by Gasteiger charge is 2.19. The third-order valence-electron chi connectivity index (χ3n) is 2.64. The number of fused-ring (bicyclic) bond motifs is 1. The molecule has 2 rings (SSSR count). The average molecular weight is 281 g/mol. The summed E-state index contributed by atoms with van der Waals surface area (Å²) in [7, 11) is 1.30. The molecule has 102 valence electrons. The molecule has 0 atom stereocenters. The van der Waals surface area contributed by atoms with Gasteiger partial charge in [-0.1, -0.05) is 0 Å². The summed E-state index contributed by atoms with van der Waals surface area (Å²) in [6.45, 7) is 2.87. The van der Waals surface area contributed by atoms with Crippen LogP contribution < -0.4 is 5.73 Å². The third kappa shape index (κ3) is 2.41. The summed E-state index contributed by atoms with van der Waals surface area (Å²) >= 11 is 1.44. The maximum atomic E-state index is 11.6. The smallest absolute Gasteiger partial charge is 0.376 e. The van der Waals surface area contributed by atoms with Crippen LogP contribution in [-0.4, -0.2) is 45.6 Å². The summed E-state index contributed by atoms with van der Waals surface area (Å²) < 4.78 is 6.36. The highest BCUT2D eigenvalue weighted by atomic mass is 32.2. The van der Waals surface area contributed by atoms with Gasteiger partial charge in [-0.2, -0.15) is 5.10 Å². The van der Waals surface area contributed by atoms with Crippen LogP contribution in [0.4, 0.5) is 0 Å². The Morgan fingerprint density at radius 3 is 2.79 bits per heavy atom. The number of carbonyl (C=O) groups is 1. The Bertz CT molecular complexity index is 625. The molecule has 0 aliphatic heterocycles. The predicted octanol–water partition coefficient (Wildman–Crippen LogP) is 0.602. The van der Waals surface area contributed by atoms with Crippen molar-refractivity contribution in [3.8, 4) is 0 Å². The molecule has 7 nitrogen and oxygen atoms in total. The Morgan fingerprint density at radius 2 is 2.21 bits per heavy atom. The fourth-order valence-electron chi connectivity index (χ4n) is 1.82. The number of aryl methyl sites for hydroxylation is 1. The first-order valence-electron chi connectivity index (χ1n) is 5.69. The largest absolute Gasteiger partial charge is 0.463 e. The van der Waals surface area contributed by atoms with Gasteiger partial charge in [0.25, 0.3) is 0 Å². The molecule has 0 aromatic carbocycles. The van der Waals surface area contributed by atoms with E-state index in [0.717, 1.165) is 11.1 Å². The van der Waals surface area contributed by atoms with Crippen molar-refractivity contribution >= 4 is 28.8 Å². The van der Waals surface area contributed by atoms with Crippen LogP contribution in [0.3, 0.4) is 0 Å². The molecular formula is C11H15N5O2S. The molecular weight excluding hydrogens is 266 g/mol. The van der Waals surface area contributed by atoms with Crippen molar-refractivity contribution in [1.82, 2.24) is 19.7 Å². The highest BCUT2D eigenvalue weighted by Crippen LogP contribution is 2.26. The average Bonchev–Trinajstić information content (AvgIpc) is 2.74. The fraction of sp³-hybridized carbons (Fsp3) is 0.455. The molecule has 2 N–H and O–H groups in total. The molecule has 0 fully saturated rings.